The van der Waals surface area contributed by atoms with Gasteiger partial charge in [0.2, 0.25) is 5.91 Å². The van der Waals surface area contributed by atoms with Crippen LogP contribution in [0.15, 0.2) is 18.2 Å². The van der Waals surface area contributed by atoms with E-state index < -0.39 is 0 Å². The standard InChI is InChI=1S/C11H15ClN2O/c1-3-7(2)11(15)14-10-5-4-8(13)6-9(10)12/h4-7H,3,13H2,1-2H3,(H,14,15)/t7-/m0/s1. The summed E-state index contributed by atoms with van der Waals surface area (Å²) in [6, 6.07) is 5.03. The lowest BCUT2D eigenvalue weighted by molar-refractivity contribution is -0.119. The number of hydrogen-bond donors (Lipinski definition) is 2. The third kappa shape index (κ3) is 3.13. The molecule has 1 aromatic carbocycles. The van der Waals surface area contributed by atoms with Crippen LogP contribution >= 0.6 is 11.6 Å². The molecule has 15 heavy (non-hydrogen) atoms. The number of halogens is 1. The minimum atomic E-state index is -0.0239. The Hall–Kier alpha value is -1.22. The number of hydrogen-bond acceptors (Lipinski definition) is 2. The van der Waals surface area contributed by atoms with E-state index in [1.54, 1.807) is 18.2 Å². The predicted molar refractivity (Wildman–Crippen MR) is 63.9 cm³/mol. The lowest BCUT2D eigenvalue weighted by Crippen LogP contribution is -2.19. The van der Waals surface area contributed by atoms with Gasteiger partial charge in [-0.1, -0.05) is 25.4 Å². The van der Waals surface area contributed by atoms with Gasteiger partial charge in [-0.3, -0.25) is 4.79 Å². The zero-order chi connectivity index (χ0) is 11.4. The summed E-state index contributed by atoms with van der Waals surface area (Å²) in [6.07, 6.45) is 0.804. The summed E-state index contributed by atoms with van der Waals surface area (Å²) >= 11 is 5.93. The number of rotatable bonds is 3. The first-order chi connectivity index (χ1) is 7.04. The highest BCUT2D eigenvalue weighted by Crippen LogP contribution is 2.24. The Morgan fingerprint density at radius 2 is 2.27 bits per heavy atom. The largest absolute Gasteiger partial charge is 0.399 e. The van der Waals surface area contributed by atoms with Crippen molar-refractivity contribution in [3.8, 4) is 0 Å². The number of amides is 1. The van der Waals surface area contributed by atoms with Gasteiger partial charge < -0.3 is 11.1 Å². The Morgan fingerprint density at radius 1 is 1.60 bits per heavy atom. The Labute approximate surface area is 94.6 Å². The van der Waals surface area contributed by atoms with E-state index in [1.807, 2.05) is 13.8 Å². The first-order valence-electron chi connectivity index (χ1n) is 4.90. The average molecular weight is 227 g/mol. The van der Waals surface area contributed by atoms with Crippen LogP contribution in [0.4, 0.5) is 11.4 Å². The summed E-state index contributed by atoms with van der Waals surface area (Å²) in [5, 5.41) is 3.23. The summed E-state index contributed by atoms with van der Waals surface area (Å²) in [5.74, 6) is -0.0391. The maximum atomic E-state index is 11.6. The number of nitrogen functional groups attached to an aromatic ring is 1. The zero-order valence-electron chi connectivity index (χ0n) is 8.88. The number of anilines is 2. The second-order valence-corrected chi connectivity index (χ2v) is 3.95. The van der Waals surface area contributed by atoms with Gasteiger partial charge in [0.15, 0.2) is 0 Å². The molecule has 1 amide bonds. The molecule has 4 heteroatoms. The fourth-order valence-electron chi connectivity index (χ4n) is 1.07. The summed E-state index contributed by atoms with van der Waals surface area (Å²) in [6.45, 7) is 3.84. The molecule has 0 heterocycles. The Morgan fingerprint density at radius 3 is 2.80 bits per heavy atom. The molecule has 3 nitrogen and oxygen atoms in total. The number of nitrogens with two attached hydrogens (primary N) is 1. The molecule has 0 aromatic heterocycles. The van der Waals surface area contributed by atoms with E-state index in [0.717, 1.165) is 6.42 Å². The maximum Gasteiger partial charge on any atom is 0.227 e. The highest BCUT2D eigenvalue weighted by molar-refractivity contribution is 6.34. The Bertz CT molecular complexity index is 366. The van der Waals surface area contributed by atoms with E-state index in [2.05, 4.69) is 5.32 Å². The van der Waals surface area contributed by atoms with Gasteiger partial charge in [-0.25, -0.2) is 0 Å². The second kappa shape index (κ2) is 5.03. The lowest BCUT2D eigenvalue weighted by atomic mass is 10.1. The maximum absolute atomic E-state index is 11.6. The summed E-state index contributed by atoms with van der Waals surface area (Å²) in [4.78, 5) is 11.6. The van der Waals surface area contributed by atoms with Crippen LogP contribution in [-0.4, -0.2) is 5.91 Å². The van der Waals surface area contributed by atoms with Crippen LogP contribution in [0.5, 0.6) is 0 Å². The van der Waals surface area contributed by atoms with Gasteiger partial charge in [0.25, 0.3) is 0 Å². The lowest BCUT2D eigenvalue weighted by Gasteiger charge is -2.11. The summed E-state index contributed by atoms with van der Waals surface area (Å²) in [7, 11) is 0. The second-order valence-electron chi connectivity index (χ2n) is 3.54. The number of carbonyl (C=O) groups is 1. The molecule has 0 saturated heterocycles. The van der Waals surface area contributed by atoms with Crippen LogP contribution in [0.3, 0.4) is 0 Å². The molecule has 0 spiro atoms. The van der Waals surface area contributed by atoms with Crippen molar-refractivity contribution >= 4 is 28.9 Å². The van der Waals surface area contributed by atoms with Crippen LogP contribution in [-0.2, 0) is 4.79 Å². The number of nitrogens with one attached hydrogen (secondary N) is 1. The van der Waals surface area contributed by atoms with Crippen molar-refractivity contribution in [3.63, 3.8) is 0 Å². The van der Waals surface area contributed by atoms with Crippen LogP contribution in [0.1, 0.15) is 20.3 Å². The van der Waals surface area contributed by atoms with Crippen molar-refractivity contribution in [2.75, 3.05) is 11.1 Å². The van der Waals surface area contributed by atoms with Crippen molar-refractivity contribution < 1.29 is 4.79 Å². The van der Waals surface area contributed by atoms with Crippen molar-refractivity contribution in [3.05, 3.63) is 23.2 Å². The van der Waals surface area contributed by atoms with Crippen molar-refractivity contribution in [2.24, 2.45) is 5.92 Å². The van der Waals surface area contributed by atoms with E-state index in [0.29, 0.717) is 16.4 Å². The van der Waals surface area contributed by atoms with Crippen LogP contribution in [0.25, 0.3) is 0 Å². The molecular weight excluding hydrogens is 212 g/mol. The molecule has 3 N–H and O–H groups in total. The minimum Gasteiger partial charge on any atom is -0.399 e. The van der Waals surface area contributed by atoms with E-state index in [4.69, 9.17) is 17.3 Å². The van der Waals surface area contributed by atoms with Gasteiger partial charge in [-0.15, -0.1) is 0 Å². The van der Waals surface area contributed by atoms with Gasteiger partial charge in [0.05, 0.1) is 10.7 Å². The molecule has 1 rings (SSSR count). The third-order valence-corrected chi connectivity index (χ3v) is 2.62. The smallest absolute Gasteiger partial charge is 0.227 e. The molecule has 0 radical (unpaired) electrons. The SMILES string of the molecule is CC[C@H](C)C(=O)Nc1ccc(N)cc1Cl. The van der Waals surface area contributed by atoms with Crippen molar-refractivity contribution in [2.45, 2.75) is 20.3 Å². The summed E-state index contributed by atoms with van der Waals surface area (Å²) < 4.78 is 0. The highest BCUT2D eigenvalue weighted by Gasteiger charge is 2.11. The van der Waals surface area contributed by atoms with Gasteiger partial charge in [-0.05, 0) is 24.6 Å². The van der Waals surface area contributed by atoms with Gasteiger partial charge in [0.1, 0.15) is 0 Å². The van der Waals surface area contributed by atoms with E-state index >= 15 is 0 Å². The molecule has 0 saturated carbocycles. The van der Waals surface area contributed by atoms with Gasteiger partial charge >= 0.3 is 0 Å². The Balaban J connectivity index is 2.77. The molecular formula is C11H15ClN2O. The predicted octanol–water partition coefficient (Wildman–Crippen LogP) is 2.91. The van der Waals surface area contributed by atoms with E-state index in [1.165, 1.54) is 0 Å². The van der Waals surface area contributed by atoms with Crippen LogP contribution < -0.4 is 11.1 Å². The molecule has 0 aliphatic heterocycles. The van der Waals surface area contributed by atoms with Crippen molar-refractivity contribution in [1.29, 1.82) is 0 Å². The molecule has 0 aliphatic rings. The fourth-order valence-corrected chi connectivity index (χ4v) is 1.31. The molecule has 1 atom stereocenters. The van der Waals surface area contributed by atoms with Crippen LogP contribution in [0, 0.1) is 5.92 Å². The Kier molecular flexibility index (Phi) is 3.97. The van der Waals surface area contributed by atoms with E-state index in [9.17, 15) is 4.79 Å². The molecule has 0 fully saturated rings. The fraction of sp³-hybridized carbons (Fsp3) is 0.364. The van der Waals surface area contributed by atoms with Gasteiger partial charge in [-0.2, -0.15) is 0 Å². The quantitative estimate of drug-likeness (QED) is 0.779. The molecule has 1 aromatic rings. The zero-order valence-corrected chi connectivity index (χ0v) is 9.64. The van der Waals surface area contributed by atoms with Crippen molar-refractivity contribution in [1.82, 2.24) is 0 Å². The average Bonchev–Trinajstić information content (AvgIpc) is 2.20. The van der Waals surface area contributed by atoms with E-state index in [-0.39, 0.29) is 11.8 Å². The van der Waals surface area contributed by atoms with Crippen LogP contribution in [0.2, 0.25) is 5.02 Å². The number of benzene rings is 1. The summed E-state index contributed by atoms with van der Waals surface area (Å²) in [5.41, 5.74) is 6.74. The number of carbonyl (C=O) groups excluding carboxylic acids is 1. The molecule has 0 aliphatic carbocycles. The first-order valence-corrected chi connectivity index (χ1v) is 5.28. The highest BCUT2D eigenvalue weighted by atomic mass is 35.5. The topological polar surface area (TPSA) is 55.1 Å². The molecule has 82 valence electrons. The first kappa shape index (κ1) is 11.9. The monoisotopic (exact) mass is 226 g/mol. The molecule has 0 bridgehead atoms. The minimum absolute atomic E-state index is 0.0152. The third-order valence-electron chi connectivity index (χ3n) is 2.31. The normalized spacial score (nSPS) is 12.2. The van der Waals surface area contributed by atoms with Gasteiger partial charge in [0, 0.05) is 11.6 Å². The molecule has 0 unspecified atom stereocenters.